The highest BCUT2D eigenvalue weighted by Gasteiger charge is 2.08. The summed E-state index contributed by atoms with van der Waals surface area (Å²) in [5, 5.41) is 0. The molecule has 0 saturated carbocycles. The first-order chi connectivity index (χ1) is 7.27. The third kappa shape index (κ3) is 3.80. The highest BCUT2D eigenvalue weighted by molar-refractivity contribution is 7.95. The Kier molecular flexibility index (Phi) is 4.98. The molecule has 0 radical (unpaired) electrons. The van der Waals surface area contributed by atoms with E-state index < -0.39 is 0 Å². The predicted molar refractivity (Wildman–Crippen MR) is 62.4 cm³/mol. The molecular weight excluding hydrogens is 208 g/mol. The molecule has 0 spiro atoms. The first-order valence-corrected chi connectivity index (χ1v) is 5.61. The molecule has 0 fully saturated rings. The highest BCUT2D eigenvalue weighted by Crippen LogP contribution is 2.20. The Bertz CT molecular complexity index is 344. The van der Waals surface area contributed by atoms with Crippen LogP contribution in [0.4, 0.5) is 0 Å². The van der Waals surface area contributed by atoms with Crippen molar-refractivity contribution in [2.24, 2.45) is 0 Å². The second-order valence-corrected chi connectivity index (χ2v) is 3.74. The first-order valence-electron chi connectivity index (χ1n) is 4.87. The molecule has 0 aliphatic rings. The van der Waals surface area contributed by atoms with Crippen LogP contribution in [0.25, 0.3) is 0 Å². The third-order valence-corrected chi connectivity index (χ3v) is 2.65. The summed E-state index contributed by atoms with van der Waals surface area (Å²) in [4.78, 5) is 12.4. The van der Waals surface area contributed by atoms with Gasteiger partial charge in [0.15, 0.2) is 0 Å². The lowest BCUT2D eigenvalue weighted by atomic mass is 10.2. The molecule has 0 bridgehead atoms. The van der Waals surface area contributed by atoms with Crippen molar-refractivity contribution in [3.63, 3.8) is 0 Å². The summed E-state index contributed by atoms with van der Waals surface area (Å²) in [5.74, 6) is -0.256. The summed E-state index contributed by atoms with van der Waals surface area (Å²) in [6, 6.07) is 9.55. The van der Waals surface area contributed by atoms with Crippen LogP contribution in [-0.4, -0.2) is 5.97 Å². The Labute approximate surface area is 94.5 Å². The second kappa shape index (κ2) is 6.30. The van der Waals surface area contributed by atoms with Gasteiger partial charge in [-0.2, -0.15) is 0 Å². The average molecular weight is 222 g/mol. The maximum absolute atomic E-state index is 11.5. The molecule has 15 heavy (non-hydrogen) atoms. The van der Waals surface area contributed by atoms with E-state index in [0.717, 1.165) is 16.9 Å². The number of hydrogen-bond donors (Lipinski definition) is 0. The zero-order valence-electron chi connectivity index (χ0n) is 8.90. The zero-order chi connectivity index (χ0) is 11.1. The van der Waals surface area contributed by atoms with Crippen LogP contribution in [0.1, 0.15) is 20.3 Å². The molecule has 0 N–H and O–H groups in total. The van der Waals surface area contributed by atoms with E-state index in [1.807, 2.05) is 44.2 Å². The molecule has 0 aromatic heterocycles. The molecule has 0 saturated heterocycles. The molecule has 80 valence electrons. The number of carbonyl (C=O) groups excluding carboxylic acids is 1. The van der Waals surface area contributed by atoms with Crippen LogP contribution in [0.2, 0.25) is 0 Å². The molecule has 1 rings (SSSR count). The van der Waals surface area contributed by atoms with E-state index in [-0.39, 0.29) is 5.97 Å². The highest BCUT2D eigenvalue weighted by atomic mass is 32.2. The predicted octanol–water partition coefficient (Wildman–Crippen LogP) is 3.59. The Morgan fingerprint density at radius 3 is 2.60 bits per heavy atom. The minimum Gasteiger partial charge on any atom is -0.383 e. The van der Waals surface area contributed by atoms with Gasteiger partial charge >= 0.3 is 5.97 Å². The van der Waals surface area contributed by atoms with E-state index in [0.29, 0.717) is 12.0 Å². The topological polar surface area (TPSA) is 26.3 Å². The Hall–Kier alpha value is -1.22. The van der Waals surface area contributed by atoms with Crippen LogP contribution in [-0.2, 0) is 8.98 Å². The number of carbonyl (C=O) groups is 1. The molecule has 0 amide bonds. The van der Waals surface area contributed by atoms with Crippen molar-refractivity contribution in [3.8, 4) is 0 Å². The van der Waals surface area contributed by atoms with E-state index >= 15 is 0 Å². The Morgan fingerprint density at radius 2 is 2.07 bits per heavy atom. The van der Waals surface area contributed by atoms with E-state index in [1.165, 1.54) is 0 Å². The van der Waals surface area contributed by atoms with Crippen LogP contribution in [0.3, 0.4) is 0 Å². The van der Waals surface area contributed by atoms with Gasteiger partial charge in [0.05, 0.1) is 12.0 Å². The lowest BCUT2D eigenvalue weighted by molar-refractivity contribution is -0.129. The van der Waals surface area contributed by atoms with Crippen LogP contribution >= 0.6 is 12.0 Å². The van der Waals surface area contributed by atoms with Gasteiger partial charge in [0.1, 0.15) is 0 Å². The fourth-order valence-corrected chi connectivity index (χ4v) is 1.63. The third-order valence-electron chi connectivity index (χ3n) is 1.95. The largest absolute Gasteiger partial charge is 0.383 e. The van der Waals surface area contributed by atoms with Crippen LogP contribution in [0.15, 0.2) is 46.9 Å². The van der Waals surface area contributed by atoms with Gasteiger partial charge in [0.2, 0.25) is 0 Å². The minimum atomic E-state index is -0.256. The molecule has 0 aliphatic heterocycles. The second-order valence-electron chi connectivity index (χ2n) is 2.93. The maximum Gasteiger partial charge on any atom is 0.346 e. The van der Waals surface area contributed by atoms with Crippen molar-refractivity contribution in [1.29, 1.82) is 0 Å². The molecular formula is C12H14O2S. The van der Waals surface area contributed by atoms with Crippen LogP contribution in [0.5, 0.6) is 0 Å². The molecule has 1 aromatic carbocycles. The standard InChI is InChI=1S/C12H14O2S/c1-3-10(4-2)12(13)14-15-11-8-6-5-7-9-11/h3,5-9H,4H2,1-2H3/b10-3-. The fourth-order valence-electron chi connectivity index (χ4n) is 1.08. The van der Waals surface area contributed by atoms with Crippen LogP contribution in [0, 0.1) is 0 Å². The smallest absolute Gasteiger partial charge is 0.346 e. The lowest BCUT2D eigenvalue weighted by Crippen LogP contribution is -2.02. The molecule has 2 nitrogen and oxygen atoms in total. The van der Waals surface area contributed by atoms with Gasteiger partial charge in [-0.3, -0.25) is 0 Å². The van der Waals surface area contributed by atoms with Crippen molar-refractivity contribution >= 4 is 18.0 Å². The number of benzene rings is 1. The molecule has 0 atom stereocenters. The number of allylic oxidation sites excluding steroid dienone is 1. The van der Waals surface area contributed by atoms with E-state index in [2.05, 4.69) is 0 Å². The van der Waals surface area contributed by atoms with Gasteiger partial charge < -0.3 is 4.18 Å². The monoisotopic (exact) mass is 222 g/mol. The van der Waals surface area contributed by atoms with Gasteiger partial charge in [-0.05, 0) is 25.5 Å². The normalized spacial score (nSPS) is 11.2. The SMILES string of the molecule is C/C=C(/CC)C(=O)OSc1ccccc1. The van der Waals surface area contributed by atoms with E-state index in [9.17, 15) is 4.79 Å². The molecule has 0 heterocycles. The minimum absolute atomic E-state index is 0.256. The van der Waals surface area contributed by atoms with E-state index in [4.69, 9.17) is 4.18 Å². The quantitative estimate of drug-likeness (QED) is 0.575. The summed E-state index contributed by atoms with van der Waals surface area (Å²) in [7, 11) is 0. The van der Waals surface area contributed by atoms with Gasteiger partial charge in [0.25, 0.3) is 0 Å². The summed E-state index contributed by atoms with van der Waals surface area (Å²) in [6.45, 7) is 3.77. The molecule has 0 unspecified atom stereocenters. The summed E-state index contributed by atoms with van der Waals surface area (Å²) >= 11 is 1.10. The van der Waals surface area contributed by atoms with Crippen molar-refractivity contribution in [2.45, 2.75) is 25.2 Å². The van der Waals surface area contributed by atoms with Crippen LogP contribution < -0.4 is 0 Å². The summed E-state index contributed by atoms with van der Waals surface area (Å²) in [6.07, 6.45) is 2.48. The molecule has 3 heteroatoms. The van der Waals surface area contributed by atoms with Gasteiger partial charge in [-0.1, -0.05) is 31.2 Å². The van der Waals surface area contributed by atoms with Gasteiger partial charge in [0, 0.05) is 10.5 Å². The number of hydrogen-bond acceptors (Lipinski definition) is 3. The lowest BCUT2D eigenvalue weighted by Gasteiger charge is -2.03. The van der Waals surface area contributed by atoms with Crippen molar-refractivity contribution < 1.29 is 8.98 Å². The first kappa shape index (κ1) is 11.9. The van der Waals surface area contributed by atoms with Gasteiger partial charge in [-0.25, -0.2) is 4.79 Å². The molecule has 1 aromatic rings. The summed E-state index contributed by atoms with van der Waals surface area (Å²) in [5.41, 5.74) is 0.707. The fraction of sp³-hybridized carbons (Fsp3) is 0.250. The average Bonchev–Trinajstić information content (AvgIpc) is 2.29. The van der Waals surface area contributed by atoms with Crippen molar-refractivity contribution in [1.82, 2.24) is 0 Å². The van der Waals surface area contributed by atoms with Gasteiger partial charge in [-0.15, -0.1) is 0 Å². The Morgan fingerprint density at radius 1 is 1.40 bits per heavy atom. The van der Waals surface area contributed by atoms with Crippen molar-refractivity contribution in [3.05, 3.63) is 42.0 Å². The number of rotatable bonds is 4. The Balaban J connectivity index is 2.48. The zero-order valence-corrected chi connectivity index (χ0v) is 9.71. The molecule has 0 aliphatic carbocycles. The summed E-state index contributed by atoms with van der Waals surface area (Å²) < 4.78 is 5.08. The van der Waals surface area contributed by atoms with E-state index in [1.54, 1.807) is 6.08 Å². The maximum atomic E-state index is 11.5. The van der Waals surface area contributed by atoms with Crippen molar-refractivity contribution in [2.75, 3.05) is 0 Å².